The first-order chi connectivity index (χ1) is 9.10. The van der Waals surface area contributed by atoms with E-state index in [4.69, 9.17) is 0 Å². The van der Waals surface area contributed by atoms with Gasteiger partial charge in [-0.1, -0.05) is 6.92 Å². The molecule has 5 nitrogen and oxygen atoms in total. The van der Waals surface area contributed by atoms with Gasteiger partial charge in [0.05, 0.1) is 6.20 Å². The molecule has 1 aromatic rings. The van der Waals surface area contributed by atoms with Crippen molar-refractivity contribution in [2.24, 2.45) is 17.8 Å². The third-order valence-corrected chi connectivity index (χ3v) is 5.53. The van der Waals surface area contributed by atoms with E-state index in [1.807, 2.05) is 6.92 Å². The first-order valence-corrected chi connectivity index (χ1v) is 8.62. The Morgan fingerprint density at radius 2 is 2.00 bits per heavy atom. The molecule has 2 fully saturated rings. The molecule has 1 aromatic heterocycles. The van der Waals surface area contributed by atoms with Gasteiger partial charge in [0.25, 0.3) is 10.0 Å². The summed E-state index contributed by atoms with van der Waals surface area (Å²) in [6.07, 6.45) is 7.20. The zero-order valence-corrected chi connectivity index (χ0v) is 12.0. The van der Waals surface area contributed by atoms with Crippen molar-refractivity contribution in [1.82, 2.24) is 14.7 Å². The molecule has 0 atom stereocenters. The zero-order valence-electron chi connectivity index (χ0n) is 11.2. The number of hydrogen-bond acceptors (Lipinski definition) is 3. The average Bonchev–Trinajstić information content (AvgIpc) is 3.30. The van der Waals surface area contributed by atoms with Crippen LogP contribution in [-0.2, 0) is 16.4 Å². The molecule has 0 saturated heterocycles. The van der Waals surface area contributed by atoms with Crippen molar-refractivity contribution in [2.45, 2.75) is 44.1 Å². The fraction of sp³-hybridized carbons (Fsp3) is 0.769. The quantitative estimate of drug-likeness (QED) is 0.799. The summed E-state index contributed by atoms with van der Waals surface area (Å²) in [6, 6.07) is 0. The van der Waals surface area contributed by atoms with Crippen LogP contribution in [0.15, 0.2) is 11.2 Å². The number of sulfonamides is 1. The molecular formula is C13H21N3O2S. The highest BCUT2D eigenvalue weighted by atomic mass is 32.2. The summed E-state index contributed by atoms with van der Waals surface area (Å²) in [7, 11) is -3.42. The number of hydrogen-bond donors (Lipinski definition) is 2. The van der Waals surface area contributed by atoms with Gasteiger partial charge < -0.3 is 4.98 Å². The predicted octanol–water partition coefficient (Wildman–Crippen LogP) is 1.69. The molecular weight excluding hydrogens is 262 g/mol. The smallest absolute Gasteiger partial charge is 0.257 e. The van der Waals surface area contributed by atoms with Gasteiger partial charge in [0.2, 0.25) is 0 Å². The number of aromatic nitrogens is 2. The summed E-state index contributed by atoms with van der Waals surface area (Å²) >= 11 is 0. The van der Waals surface area contributed by atoms with E-state index in [2.05, 4.69) is 14.7 Å². The minimum Gasteiger partial charge on any atom is -0.332 e. The Bertz CT molecular complexity index is 532. The van der Waals surface area contributed by atoms with Gasteiger partial charge in [-0.3, -0.25) is 0 Å². The van der Waals surface area contributed by atoms with Crippen LogP contribution in [0, 0.1) is 17.8 Å². The second kappa shape index (κ2) is 4.90. The number of nitrogens with one attached hydrogen (secondary N) is 2. The minimum absolute atomic E-state index is 0.190. The average molecular weight is 283 g/mol. The highest BCUT2D eigenvalue weighted by Crippen LogP contribution is 2.48. The van der Waals surface area contributed by atoms with Crippen molar-refractivity contribution in [3.05, 3.63) is 12.0 Å². The third kappa shape index (κ3) is 3.00. The van der Waals surface area contributed by atoms with Crippen molar-refractivity contribution in [1.29, 1.82) is 0 Å². The Labute approximate surface area is 114 Å². The number of rotatable bonds is 7. The molecule has 0 bridgehead atoms. The summed E-state index contributed by atoms with van der Waals surface area (Å²) in [6.45, 7) is 2.52. The van der Waals surface area contributed by atoms with E-state index < -0.39 is 10.0 Å². The van der Waals surface area contributed by atoms with Crippen molar-refractivity contribution in [3.63, 3.8) is 0 Å². The minimum atomic E-state index is -3.42. The van der Waals surface area contributed by atoms with E-state index in [1.165, 1.54) is 31.9 Å². The summed E-state index contributed by atoms with van der Waals surface area (Å²) < 4.78 is 27.1. The van der Waals surface area contributed by atoms with Crippen LogP contribution < -0.4 is 4.72 Å². The Balaban J connectivity index is 1.64. The summed E-state index contributed by atoms with van der Waals surface area (Å²) in [4.78, 5) is 6.90. The van der Waals surface area contributed by atoms with Crippen LogP contribution in [0.4, 0.5) is 0 Å². The number of nitrogens with zero attached hydrogens (tertiary/aromatic N) is 1. The zero-order chi connectivity index (χ0) is 13.5. The highest BCUT2D eigenvalue weighted by molar-refractivity contribution is 7.89. The lowest BCUT2D eigenvalue weighted by molar-refractivity contribution is 0.401. The maximum atomic E-state index is 12.2. The van der Waals surface area contributed by atoms with Crippen molar-refractivity contribution in [2.75, 3.05) is 6.54 Å². The molecule has 0 amide bonds. The van der Waals surface area contributed by atoms with E-state index in [1.54, 1.807) is 0 Å². The maximum Gasteiger partial charge on any atom is 0.257 e. The van der Waals surface area contributed by atoms with Crippen LogP contribution in [0.1, 0.15) is 38.4 Å². The van der Waals surface area contributed by atoms with Gasteiger partial charge >= 0.3 is 0 Å². The van der Waals surface area contributed by atoms with Crippen LogP contribution in [-0.4, -0.2) is 24.9 Å². The largest absolute Gasteiger partial charge is 0.332 e. The molecule has 6 heteroatoms. The number of aromatic amines is 1. The van der Waals surface area contributed by atoms with Gasteiger partial charge in [-0.2, -0.15) is 0 Å². The van der Waals surface area contributed by atoms with Gasteiger partial charge in [-0.05, 0) is 43.4 Å². The van der Waals surface area contributed by atoms with Crippen molar-refractivity contribution in [3.8, 4) is 0 Å². The molecule has 0 unspecified atom stereocenters. The van der Waals surface area contributed by atoms with Crippen molar-refractivity contribution < 1.29 is 8.42 Å². The number of aryl methyl sites for hydroxylation is 1. The van der Waals surface area contributed by atoms with Crippen molar-refractivity contribution >= 4 is 10.0 Å². The van der Waals surface area contributed by atoms with E-state index in [0.717, 1.165) is 11.8 Å². The topological polar surface area (TPSA) is 74.8 Å². The second-order valence-corrected chi connectivity index (χ2v) is 7.47. The summed E-state index contributed by atoms with van der Waals surface area (Å²) in [5.41, 5.74) is 0. The Kier molecular flexibility index (Phi) is 3.39. The molecule has 2 saturated carbocycles. The molecule has 106 valence electrons. The lowest BCUT2D eigenvalue weighted by Crippen LogP contribution is -2.31. The fourth-order valence-corrected chi connectivity index (χ4v) is 3.72. The molecule has 2 aliphatic rings. The molecule has 19 heavy (non-hydrogen) atoms. The Hall–Kier alpha value is -0.880. The molecule has 2 aliphatic carbocycles. The Morgan fingerprint density at radius 3 is 2.47 bits per heavy atom. The third-order valence-electron chi connectivity index (χ3n) is 4.19. The maximum absolute atomic E-state index is 12.2. The SMILES string of the molecule is CCc1ncc(S(=O)(=O)NCC(C2CC2)C2CC2)[nH]1. The second-order valence-electron chi connectivity index (χ2n) is 5.74. The lowest BCUT2D eigenvalue weighted by Gasteiger charge is -2.15. The van der Waals surface area contributed by atoms with Crippen LogP contribution in [0.3, 0.4) is 0 Å². The normalized spacial score (nSPS) is 20.1. The molecule has 3 rings (SSSR count). The molecule has 0 aromatic carbocycles. The molecule has 0 radical (unpaired) electrons. The fourth-order valence-electron chi connectivity index (χ4n) is 2.71. The van der Waals surface area contributed by atoms with Crippen LogP contribution in [0.2, 0.25) is 0 Å². The monoisotopic (exact) mass is 283 g/mol. The molecule has 0 aliphatic heterocycles. The van der Waals surface area contributed by atoms with Gasteiger partial charge in [0.1, 0.15) is 5.82 Å². The van der Waals surface area contributed by atoms with Gasteiger partial charge in [-0.25, -0.2) is 18.1 Å². The van der Waals surface area contributed by atoms with Crippen LogP contribution >= 0.6 is 0 Å². The van der Waals surface area contributed by atoms with Gasteiger partial charge in [-0.15, -0.1) is 0 Å². The molecule has 2 N–H and O–H groups in total. The summed E-state index contributed by atoms with van der Waals surface area (Å²) in [5, 5.41) is 0.190. The van der Waals surface area contributed by atoms with Gasteiger partial charge in [0.15, 0.2) is 5.03 Å². The predicted molar refractivity (Wildman–Crippen MR) is 72.1 cm³/mol. The summed E-state index contributed by atoms with van der Waals surface area (Å²) in [5.74, 6) is 2.76. The highest BCUT2D eigenvalue weighted by Gasteiger charge is 2.41. The first kappa shape index (κ1) is 13.1. The Morgan fingerprint density at radius 1 is 1.37 bits per heavy atom. The molecule has 1 heterocycles. The van der Waals surface area contributed by atoms with E-state index >= 15 is 0 Å². The molecule has 0 spiro atoms. The van der Waals surface area contributed by atoms with Crippen LogP contribution in [0.25, 0.3) is 0 Å². The standard InChI is InChI=1S/C13H21N3O2S/c1-2-12-14-8-13(16-12)19(17,18)15-7-11(9-3-4-9)10-5-6-10/h8-11,15H,2-7H2,1H3,(H,14,16). The van der Waals surface area contributed by atoms with E-state index in [0.29, 0.717) is 24.7 Å². The van der Waals surface area contributed by atoms with E-state index in [-0.39, 0.29) is 5.03 Å². The lowest BCUT2D eigenvalue weighted by atomic mass is 9.99. The number of imidazole rings is 1. The van der Waals surface area contributed by atoms with E-state index in [9.17, 15) is 8.42 Å². The van der Waals surface area contributed by atoms with Gasteiger partial charge in [0, 0.05) is 13.0 Å². The van der Waals surface area contributed by atoms with Crippen LogP contribution in [0.5, 0.6) is 0 Å². The number of H-pyrrole nitrogens is 1. The first-order valence-electron chi connectivity index (χ1n) is 7.13.